The summed E-state index contributed by atoms with van der Waals surface area (Å²) in [6.45, 7) is 1.36. The Bertz CT molecular complexity index is 370. The quantitative estimate of drug-likeness (QED) is 0.809. The largest absolute Gasteiger partial charge is 0.406 e. The van der Waals surface area contributed by atoms with Crippen LogP contribution in [-0.2, 0) is 4.74 Å². The zero-order valence-electron chi connectivity index (χ0n) is 10.9. The molecule has 0 unspecified atom stereocenters. The lowest BCUT2D eigenvalue weighted by atomic mass is 10.0. The fraction of sp³-hybridized carbons (Fsp3) is 0.538. The molecule has 0 aliphatic heterocycles. The van der Waals surface area contributed by atoms with Gasteiger partial charge in [-0.3, -0.25) is 0 Å². The molecule has 1 N–H and O–H groups in total. The zero-order valence-corrected chi connectivity index (χ0v) is 10.9. The van der Waals surface area contributed by atoms with Crippen LogP contribution in [0.15, 0.2) is 30.3 Å². The SMILES string of the molecule is CC[C@@H](N(O)[C@@H](COC)c1ccccc1)C(F)(F)F. The van der Waals surface area contributed by atoms with Crippen LogP contribution in [0.25, 0.3) is 0 Å². The van der Waals surface area contributed by atoms with E-state index < -0.39 is 18.3 Å². The summed E-state index contributed by atoms with van der Waals surface area (Å²) in [6.07, 6.45) is -4.71. The van der Waals surface area contributed by atoms with Gasteiger partial charge in [0.15, 0.2) is 0 Å². The molecule has 0 spiro atoms. The Hall–Kier alpha value is -1.11. The Morgan fingerprint density at radius 2 is 1.84 bits per heavy atom. The molecule has 1 aromatic carbocycles. The highest BCUT2D eigenvalue weighted by Crippen LogP contribution is 2.32. The van der Waals surface area contributed by atoms with Gasteiger partial charge in [0.2, 0.25) is 0 Å². The minimum atomic E-state index is -4.48. The molecule has 0 amide bonds. The number of ether oxygens (including phenoxy) is 1. The van der Waals surface area contributed by atoms with E-state index in [-0.39, 0.29) is 13.0 Å². The maximum absolute atomic E-state index is 12.8. The van der Waals surface area contributed by atoms with Crippen LogP contribution in [-0.4, -0.2) is 36.2 Å². The van der Waals surface area contributed by atoms with Gasteiger partial charge in [0, 0.05) is 7.11 Å². The third-order valence-electron chi connectivity index (χ3n) is 2.91. The van der Waals surface area contributed by atoms with Gasteiger partial charge in [-0.25, -0.2) is 0 Å². The summed E-state index contributed by atoms with van der Waals surface area (Å²) in [4.78, 5) is 0. The maximum atomic E-state index is 12.8. The van der Waals surface area contributed by atoms with Gasteiger partial charge in [-0.2, -0.15) is 18.2 Å². The molecule has 0 aliphatic rings. The van der Waals surface area contributed by atoms with Crippen molar-refractivity contribution in [3.8, 4) is 0 Å². The molecule has 0 aromatic heterocycles. The molecule has 0 saturated carbocycles. The molecule has 2 atom stereocenters. The van der Waals surface area contributed by atoms with Crippen molar-refractivity contribution < 1.29 is 23.1 Å². The molecule has 1 rings (SSSR count). The van der Waals surface area contributed by atoms with Crippen LogP contribution in [0.3, 0.4) is 0 Å². The van der Waals surface area contributed by atoms with Gasteiger partial charge in [0.25, 0.3) is 0 Å². The Kier molecular flexibility index (Phi) is 5.78. The lowest BCUT2D eigenvalue weighted by molar-refractivity contribution is -0.272. The fourth-order valence-corrected chi connectivity index (χ4v) is 1.94. The predicted molar refractivity (Wildman–Crippen MR) is 64.8 cm³/mol. The number of methoxy groups -OCH3 is 1. The highest BCUT2D eigenvalue weighted by Gasteiger charge is 2.44. The monoisotopic (exact) mass is 277 g/mol. The maximum Gasteiger partial charge on any atom is 0.406 e. The van der Waals surface area contributed by atoms with Gasteiger partial charge >= 0.3 is 6.18 Å². The van der Waals surface area contributed by atoms with E-state index >= 15 is 0 Å². The van der Waals surface area contributed by atoms with Crippen LogP contribution in [0.1, 0.15) is 24.9 Å². The average Bonchev–Trinajstić information content (AvgIpc) is 2.36. The van der Waals surface area contributed by atoms with Crippen LogP contribution in [0.2, 0.25) is 0 Å². The van der Waals surface area contributed by atoms with Crippen LogP contribution < -0.4 is 0 Å². The average molecular weight is 277 g/mol. The van der Waals surface area contributed by atoms with Crippen LogP contribution in [0.5, 0.6) is 0 Å². The standard InChI is InChI=1S/C13H18F3NO2/c1-3-12(13(14,15)16)17(18)11(9-19-2)10-7-5-4-6-8-10/h4-8,11-12,18H,3,9H2,1-2H3/t11-,12+/m0/s1. The van der Waals surface area contributed by atoms with Gasteiger partial charge in [0.1, 0.15) is 6.04 Å². The summed E-state index contributed by atoms with van der Waals surface area (Å²) in [6, 6.07) is 5.74. The molecule has 0 bridgehead atoms. The van der Waals surface area contributed by atoms with Crippen molar-refractivity contribution >= 4 is 0 Å². The molecule has 0 heterocycles. The Balaban J connectivity index is 2.98. The van der Waals surface area contributed by atoms with Gasteiger partial charge in [-0.15, -0.1) is 0 Å². The number of halogens is 3. The molecule has 1 aromatic rings. The van der Waals surface area contributed by atoms with Crippen molar-refractivity contribution in [2.24, 2.45) is 0 Å². The Labute approximate surface area is 110 Å². The Morgan fingerprint density at radius 1 is 1.26 bits per heavy atom. The first kappa shape index (κ1) is 15.9. The number of hydrogen-bond donors (Lipinski definition) is 1. The van der Waals surface area contributed by atoms with Crippen molar-refractivity contribution in [3.63, 3.8) is 0 Å². The van der Waals surface area contributed by atoms with E-state index in [1.165, 1.54) is 14.0 Å². The summed E-state index contributed by atoms with van der Waals surface area (Å²) in [5, 5.41) is 10.3. The van der Waals surface area contributed by atoms with Gasteiger partial charge in [-0.1, -0.05) is 37.3 Å². The summed E-state index contributed by atoms with van der Waals surface area (Å²) in [5.74, 6) is 0. The summed E-state index contributed by atoms with van der Waals surface area (Å²) < 4.78 is 43.5. The molecule has 0 saturated heterocycles. The topological polar surface area (TPSA) is 32.7 Å². The first-order valence-corrected chi connectivity index (χ1v) is 5.99. The van der Waals surface area contributed by atoms with E-state index in [1.807, 2.05) is 0 Å². The number of nitrogens with zero attached hydrogens (tertiary/aromatic N) is 1. The van der Waals surface area contributed by atoms with Crippen molar-refractivity contribution in [1.82, 2.24) is 5.06 Å². The first-order chi connectivity index (χ1) is 8.91. The second-order valence-electron chi connectivity index (χ2n) is 4.23. The van der Waals surface area contributed by atoms with E-state index in [2.05, 4.69) is 0 Å². The second kappa shape index (κ2) is 6.88. The molecule has 6 heteroatoms. The number of benzene rings is 1. The first-order valence-electron chi connectivity index (χ1n) is 5.99. The third-order valence-corrected chi connectivity index (χ3v) is 2.91. The van der Waals surface area contributed by atoms with Gasteiger partial charge < -0.3 is 9.94 Å². The molecule has 19 heavy (non-hydrogen) atoms. The van der Waals surface area contributed by atoms with Crippen molar-refractivity contribution in [2.45, 2.75) is 31.6 Å². The van der Waals surface area contributed by atoms with Crippen molar-refractivity contribution in [1.29, 1.82) is 0 Å². The lowest BCUT2D eigenvalue weighted by Gasteiger charge is -2.33. The van der Waals surface area contributed by atoms with Crippen LogP contribution in [0, 0.1) is 0 Å². The smallest absolute Gasteiger partial charge is 0.383 e. The fourth-order valence-electron chi connectivity index (χ4n) is 1.94. The minimum absolute atomic E-state index is 0.0207. The van der Waals surface area contributed by atoms with Gasteiger partial charge in [-0.05, 0) is 12.0 Å². The van der Waals surface area contributed by atoms with Gasteiger partial charge in [0.05, 0.1) is 12.6 Å². The van der Waals surface area contributed by atoms with E-state index in [0.717, 1.165) is 0 Å². The Morgan fingerprint density at radius 3 is 2.26 bits per heavy atom. The molecular formula is C13H18F3NO2. The number of hydroxylamine groups is 2. The molecule has 0 radical (unpaired) electrons. The van der Waals surface area contributed by atoms with Crippen molar-refractivity contribution in [3.05, 3.63) is 35.9 Å². The summed E-state index contributed by atoms with van der Waals surface area (Å²) in [7, 11) is 1.39. The highest BCUT2D eigenvalue weighted by molar-refractivity contribution is 5.19. The van der Waals surface area contributed by atoms with E-state index in [0.29, 0.717) is 10.6 Å². The molecule has 0 fully saturated rings. The zero-order chi connectivity index (χ0) is 14.5. The third kappa shape index (κ3) is 4.19. The minimum Gasteiger partial charge on any atom is -0.383 e. The van der Waals surface area contributed by atoms with E-state index in [4.69, 9.17) is 4.74 Å². The molecular weight excluding hydrogens is 259 g/mol. The summed E-state index contributed by atoms with van der Waals surface area (Å²) in [5.41, 5.74) is 0.578. The second-order valence-corrected chi connectivity index (χ2v) is 4.23. The molecule has 3 nitrogen and oxygen atoms in total. The highest BCUT2D eigenvalue weighted by atomic mass is 19.4. The van der Waals surface area contributed by atoms with E-state index in [9.17, 15) is 18.4 Å². The van der Waals surface area contributed by atoms with Crippen molar-refractivity contribution in [2.75, 3.05) is 13.7 Å². The van der Waals surface area contributed by atoms with E-state index in [1.54, 1.807) is 30.3 Å². The lowest BCUT2D eigenvalue weighted by Crippen LogP contribution is -2.46. The number of rotatable bonds is 6. The van der Waals surface area contributed by atoms with Crippen LogP contribution >= 0.6 is 0 Å². The molecule has 108 valence electrons. The number of alkyl halides is 3. The van der Waals surface area contributed by atoms with Crippen LogP contribution in [0.4, 0.5) is 13.2 Å². The molecule has 0 aliphatic carbocycles. The summed E-state index contributed by atoms with van der Waals surface area (Å²) >= 11 is 0. The predicted octanol–water partition coefficient (Wildman–Crippen LogP) is 3.41. The normalized spacial score (nSPS) is 15.5. The number of hydrogen-bond acceptors (Lipinski definition) is 3.